The summed E-state index contributed by atoms with van der Waals surface area (Å²) in [6.07, 6.45) is 3.60. The molecule has 1 amide bonds. The van der Waals surface area contributed by atoms with E-state index in [9.17, 15) is 4.79 Å². The van der Waals surface area contributed by atoms with Crippen LogP contribution in [-0.4, -0.2) is 39.0 Å². The van der Waals surface area contributed by atoms with Gasteiger partial charge in [0.1, 0.15) is 0 Å². The number of hydrogen-bond donors (Lipinski definition) is 1. The lowest BCUT2D eigenvalue weighted by Gasteiger charge is -2.28. The Labute approximate surface area is 181 Å². The Morgan fingerprint density at radius 3 is 2.37 bits per heavy atom. The number of amides is 1. The predicted molar refractivity (Wildman–Crippen MR) is 121 cm³/mol. The largest absolute Gasteiger partial charge is 0.351 e. The third kappa shape index (κ3) is 4.84. The second-order valence-corrected chi connectivity index (χ2v) is 8.77. The molecule has 30 heavy (non-hydrogen) atoms. The van der Waals surface area contributed by atoms with E-state index in [1.807, 2.05) is 55.5 Å². The number of thioether (sulfide) groups is 1. The third-order valence-corrected chi connectivity index (χ3v) is 6.27. The van der Waals surface area contributed by atoms with Gasteiger partial charge < -0.3 is 10.2 Å². The van der Waals surface area contributed by atoms with Gasteiger partial charge in [0, 0.05) is 19.6 Å². The second-order valence-electron chi connectivity index (χ2n) is 7.46. The number of nitrogens with zero attached hydrogens (tertiary/aromatic N) is 4. The number of aromatic nitrogens is 3. The van der Waals surface area contributed by atoms with Crippen LogP contribution in [-0.2, 0) is 11.3 Å². The van der Waals surface area contributed by atoms with Gasteiger partial charge in [-0.3, -0.25) is 9.36 Å². The van der Waals surface area contributed by atoms with Crippen molar-refractivity contribution in [3.8, 4) is 5.69 Å². The minimum atomic E-state index is -0.283. The minimum absolute atomic E-state index is 0.00835. The van der Waals surface area contributed by atoms with Gasteiger partial charge in [0.15, 0.2) is 5.16 Å². The Morgan fingerprint density at radius 1 is 1.00 bits per heavy atom. The highest BCUT2D eigenvalue weighted by Gasteiger charge is 2.24. The summed E-state index contributed by atoms with van der Waals surface area (Å²) in [7, 11) is 0. The van der Waals surface area contributed by atoms with E-state index in [4.69, 9.17) is 0 Å². The molecule has 3 aromatic rings. The first kappa shape index (κ1) is 20.5. The summed E-state index contributed by atoms with van der Waals surface area (Å²) < 4.78 is 2.08. The van der Waals surface area contributed by atoms with Crippen molar-refractivity contribution in [2.24, 2.45) is 0 Å². The Morgan fingerprint density at radius 2 is 1.67 bits per heavy atom. The summed E-state index contributed by atoms with van der Waals surface area (Å²) in [5.74, 6) is 0.853. The molecular formula is C23H27N5OS. The van der Waals surface area contributed by atoms with Crippen LogP contribution in [0.3, 0.4) is 0 Å². The van der Waals surface area contributed by atoms with E-state index in [1.165, 1.54) is 31.0 Å². The summed E-state index contributed by atoms with van der Waals surface area (Å²) >= 11 is 1.44. The van der Waals surface area contributed by atoms with Gasteiger partial charge in [-0.2, -0.15) is 0 Å². The van der Waals surface area contributed by atoms with Crippen LogP contribution in [0, 0.1) is 0 Å². The van der Waals surface area contributed by atoms with E-state index in [1.54, 1.807) is 0 Å². The minimum Gasteiger partial charge on any atom is -0.351 e. The fourth-order valence-corrected chi connectivity index (χ4v) is 4.47. The molecular weight excluding hydrogens is 394 g/mol. The Hall–Kier alpha value is -2.80. The Bertz CT molecular complexity index is 954. The molecule has 0 radical (unpaired) electrons. The molecule has 1 atom stereocenters. The second kappa shape index (κ2) is 9.80. The monoisotopic (exact) mass is 421 g/mol. The highest BCUT2D eigenvalue weighted by molar-refractivity contribution is 8.00. The zero-order chi connectivity index (χ0) is 20.8. The molecule has 1 fully saturated rings. The Balaban J connectivity index is 1.51. The van der Waals surface area contributed by atoms with E-state index in [2.05, 4.69) is 37.1 Å². The molecule has 7 heteroatoms. The lowest BCUT2D eigenvalue weighted by molar-refractivity contribution is -0.120. The van der Waals surface area contributed by atoms with Crippen LogP contribution < -0.4 is 10.2 Å². The van der Waals surface area contributed by atoms with E-state index in [-0.39, 0.29) is 11.2 Å². The molecule has 1 aliphatic rings. The quantitative estimate of drug-likeness (QED) is 0.583. The number of hydrogen-bond acceptors (Lipinski definition) is 5. The summed E-state index contributed by atoms with van der Waals surface area (Å²) in [5.41, 5.74) is 2.10. The van der Waals surface area contributed by atoms with Crippen molar-refractivity contribution in [2.45, 2.75) is 43.1 Å². The van der Waals surface area contributed by atoms with Gasteiger partial charge >= 0.3 is 0 Å². The van der Waals surface area contributed by atoms with Crippen molar-refractivity contribution in [3.63, 3.8) is 0 Å². The van der Waals surface area contributed by atoms with Crippen LogP contribution in [0.2, 0.25) is 0 Å². The molecule has 1 aromatic heterocycles. The molecule has 2 heterocycles. The van der Waals surface area contributed by atoms with Crippen molar-refractivity contribution in [2.75, 3.05) is 18.0 Å². The van der Waals surface area contributed by atoms with Crippen molar-refractivity contribution < 1.29 is 4.79 Å². The van der Waals surface area contributed by atoms with Crippen molar-refractivity contribution in [3.05, 3.63) is 66.2 Å². The summed E-state index contributed by atoms with van der Waals surface area (Å²) in [6, 6.07) is 20.1. The number of rotatable bonds is 7. The third-order valence-electron chi connectivity index (χ3n) is 5.23. The zero-order valence-electron chi connectivity index (χ0n) is 17.2. The molecule has 0 bridgehead atoms. The molecule has 6 nitrogen and oxygen atoms in total. The van der Waals surface area contributed by atoms with Crippen molar-refractivity contribution in [1.29, 1.82) is 0 Å². The van der Waals surface area contributed by atoms with Gasteiger partial charge in [-0.1, -0.05) is 60.3 Å². The van der Waals surface area contributed by atoms with Crippen LogP contribution in [0.15, 0.2) is 65.8 Å². The van der Waals surface area contributed by atoms with Crippen LogP contribution in [0.1, 0.15) is 31.7 Å². The van der Waals surface area contributed by atoms with E-state index in [0.717, 1.165) is 35.4 Å². The van der Waals surface area contributed by atoms with Crippen molar-refractivity contribution in [1.82, 2.24) is 20.1 Å². The van der Waals surface area contributed by atoms with Crippen LogP contribution in [0.4, 0.5) is 5.95 Å². The first-order chi connectivity index (χ1) is 14.7. The SMILES string of the molecule is C[C@H](Sc1nnc(N2CCCCC2)n1-c1ccccc1)C(=O)NCc1ccccc1. The highest BCUT2D eigenvalue weighted by atomic mass is 32.2. The molecule has 1 N–H and O–H groups in total. The summed E-state index contributed by atoms with van der Waals surface area (Å²) in [4.78, 5) is 15.0. The smallest absolute Gasteiger partial charge is 0.233 e. The number of carbonyl (C=O) groups excluding carboxylic acids is 1. The maximum atomic E-state index is 12.7. The molecule has 4 rings (SSSR count). The van der Waals surface area contributed by atoms with Gasteiger partial charge in [0.25, 0.3) is 0 Å². The molecule has 0 unspecified atom stereocenters. The van der Waals surface area contributed by atoms with Gasteiger partial charge in [-0.25, -0.2) is 0 Å². The fraction of sp³-hybridized carbons (Fsp3) is 0.348. The average molecular weight is 422 g/mol. The number of carbonyl (C=O) groups is 1. The van der Waals surface area contributed by atoms with Gasteiger partial charge in [-0.05, 0) is 43.9 Å². The van der Waals surface area contributed by atoms with Gasteiger partial charge in [-0.15, -0.1) is 10.2 Å². The number of nitrogens with one attached hydrogen (secondary N) is 1. The predicted octanol–water partition coefficient (Wildman–Crippen LogP) is 4.05. The molecule has 2 aromatic carbocycles. The van der Waals surface area contributed by atoms with E-state index >= 15 is 0 Å². The first-order valence-electron chi connectivity index (χ1n) is 10.5. The van der Waals surface area contributed by atoms with Crippen LogP contribution >= 0.6 is 11.8 Å². The van der Waals surface area contributed by atoms with Gasteiger partial charge in [0.05, 0.1) is 10.9 Å². The number of benzene rings is 2. The number of piperidine rings is 1. The normalized spacial score (nSPS) is 15.0. The molecule has 1 aliphatic heterocycles. The Kier molecular flexibility index (Phi) is 6.69. The zero-order valence-corrected chi connectivity index (χ0v) is 18.0. The summed E-state index contributed by atoms with van der Waals surface area (Å²) in [5, 5.41) is 12.4. The standard InChI is InChI=1S/C23H27N5OS/c1-18(21(29)24-17-19-11-5-2-6-12-19)30-23-26-25-22(27-15-9-4-10-16-27)28(23)20-13-7-3-8-14-20/h2-3,5-8,11-14,18H,4,9-10,15-17H2,1H3,(H,24,29)/t18-/m0/s1. The topological polar surface area (TPSA) is 63.1 Å². The molecule has 156 valence electrons. The lowest BCUT2D eigenvalue weighted by atomic mass is 10.1. The number of anilines is 1. The van der Waals surface area contributed by atoms with Crippen LogP contribution in [0.5, 0.6) is 0 Å². The maximum Gasteiger partial charge on any atom is 0.233 e. The first-order valence-corrected chi connectivity index (χ1v) is 11.3. The molecule has 0 aliphatic carbocycles. The van der Waals surface area contributed by atoms with Crippen LogP contribution in [0.25, 0.3) is 5.69 Å². The van der Waals surface area contributed by atoms with Gasteiger partial charge in [0.2, 0.25) is 11.9 Å². The molecule has 0 saturated carbocycles. The number of para-hydroxylation sites is 1. The average Bonchev–Trinajstić information content (AvgIpc) is 3.22. The fourth-order valence-electron chi connectivity index (χ4n) is 3.58. The van der Waals surface area contributed by atoms with E-state index in [0.29, 0.717) is 6.54 Å². The maximum absolute atomic E-state index is 12.7. The van der Waals surface area contributed by atoms with E-state index < -0.39 is 0 Å². The molecule has 1 saturated heterocycles. The van der Waals surface area contributed by atoms with Crippen molar-refractivity contribution >= 4 is 23.6 Å². The summed E-state index contributed by atoms with van der Waals surface area (Å²) in [6.45, 7) is 4.41. The lowest BCUT2D eigenvalue weighted by Crippen LogP contribution is -2.32. The molecule has 0 spiro atoms. The highest BCUT2D eigenvalue weighted by Crippen LogP contribution is 2.30.